The molecular formula is C16H21FN2O3. The molecule has 5 nitrogen and oxygen atoms in total. The molecule has 3 heterocycles. The van der Waals surface area contributed by atoms with Crippen LogP contribution in [0.5, 0.6) is 0 Å². The second kappa shape index (κ2) is 5.19. The van der Waals surface area contributed by atoms with Gasteiger partial charge in [-0.25, -0.2) is 9.78 Å². The largest absolute Gasteiger partial charge is 0.444 e. The van der Waals surface area contributed by atoms with Crippen LogP contribution in [0.3, 0.4) is 0 Å². The van der Waals surface area contributed by atoms with Crippen LogP contribution in [0.4, 0.5) is 9.18 Å². The Bertz CT molecular complexity index is 590. The van der Waals surface area contributed by atoms with Gasteiger partial charge in [-0.2, -0.15) is 4.39 Å². The maximum Gasteiger partial charge on any atom is 0.410 e. The number of carbonyl (C=O) groups excluding carboxylic acids is 1. The molecule has 6 heteroatoms. The molecule has 0 bridgehead atoms. The first-order valence-corrected chi connectivity index (χ1v) is 7.56. The summed E-state index contributed by atoms with van der Waals surface area (Å²) in [7, 11) is 0. The fourth-order valence-electron chi connectivity index (χ4n) is 3.08. The Morgan fingerprint density at radius 2 is 2.09 bits per heavy atom. The van der Waals surface area contributed by atoms with Gasteiger partial charge in [0.25, 0.3) is 0 Å². The van der Waals surface area contributed by atoms with E-state index in [1.54, 1.807) is 11.1 Å². The van der Waals surface area contributed by atoms with Crippen molar-refractivity contribution < 1.29 is 18.7 Å². The van der Waals surface area contributed by atoms with Crippen LogP contribution >= 0.6 is 0 Å². The molecule has 0 radical (unpaired) electrons. The monoisotopic (exact) mass is 308 g/mol. The summed E-state index contributed by atoms with van der Waals surface area (Å²) in [5.74, 6) is -0.481. The van der Waals surface area contributed by atoms with E-state index in [-0.39, 0.29) is 6.09 Å². The Kier molecular flexibility index (Phi) is 3.59. The zero-order valence-electron chi connectivity index (χ0n) is 13.2. The third-order valence-electron chi connectivity index (χ3n) is 4.17. The van der Waals surface area contributed by atoms with Crippen molar-refractivity contribution in [2.45, 2.75) is 51.4 Å². The molecular weight excluding hydrogens is 287 g/mol. The molecule has 1 aromatic rings. The Balaban J connectivity index is 1.69. The Morgan fingerprint density at radius 3 is 2.73 bits per heavy atom. The summed E-state index contributed by atoms with van der Waals surface area (Å²) >= 11 is 0. The molecule has 120 valence electrons. The van der Waals surface area contributed by atoms with Crippen molar-refractivity contribution in [3.63, 3.8) is 0 Å². The molecule has 22 heavy (non-hydrogen) atoms. The number of nitrogens with zero attached hydrogens (tertiary/aromatic N) is 2. The van der Waals surface area contributed by atoms with Gasteiger partial charge in [-0.05, 0) is 45.2 Å². The number of hydrogen-bond acceptors (Lipinski definition) is 4. The summed E-state index contributed by atoms with van der Waals surface area (Å²) in [6.45, 7) is 7.09. The number of pyridine rings is 1. The highest BCUT2D eigenvalue weighted by atomic mass is 19.1. The molecule has 2 aliphatic rings. The van der Waals surface area contributed by atoms with Crippen molar-refractivity contribution in [1.82, 2.24) is 9.88 Å². The number of ether oxygens (including phenoxy) is 2. The molecule has 0 saturated carbocycles. The van der Waals surface area contributed by atoms with E-state index in [2.05, 4.69) is 4.98 Å². The molecule has 0 atom stereocenters. The van der Waals surface area contributed by atoms with E-state index in [4.69, 9.17) is 9.47 Å². The lowest BCUT2D eigenvalue weighted by molar-refractivity contribution is -0.0798. The maximum atomic E-state index is 13.2. The number of carbonyl (C=O) groups is 1. The molecule has 3 rings (SSSR count). The van der Waals surface area contributed by atoms with Gasteiger partial charge in [-0.3, -0.25) is 0 Å². The highest BCUT2D eigenvalue weighted by molar-refractivity contribution is 5.68. The van der Waals surface area contributed by atoms with E-state index in [1.807, 2.05) is 20.8 Å². The summed E-state index contributed by atoms with van der Waals surface area (Å²) in [6, 6.07) is 1.43. The molecule has 0 unspecified atom stereocenters. The number of amides is 1. The number of rotatable bonds is 0. The van der Waals surface area contributed by atoms with Gasteiger partial charge in [0.15, 0.2) is 0 Å². The molecule has 2 aliphatic heterocycles. The minimum absolute atomic E-state index is 0.294. The van der Waals surface area contributed by atoms with Crippen LogP contribution in [-0.2, 0) is 21.7 Å². The lowest BCUT2D eigenvalue weighted by Crippen LogP contribution is -2.46. The number of fused-ring (bicyclic) bond motifs is 2. The molecule has 1 fully saturated rings. The maximum absolute atomic E-state index is 13.2. The average molecular weight is 308 g/mol. The van der Waals surface area contributed by atoms with Crippen molar-refractivity contribution in [1.29, 1.82) is 0 Å². The third-order valence-corrected chi connectivity index (χ3v) is 4.17. The minimum atomic E-state index is -0.496. The van der Waals surface area contributed by atoms with Crippen LogP contribution in [0.25, 0.3) is 0 Å². The first kappa shape index (κ1) is 15.2. The van der Waals surface area contributed by atoms with E-state index >= 15 is 0 Å². The van der Waals surface area contributed by atoms with Gasteiger partial charge in [0.2, 0.25) is 5.95 Å². The van der Waals surface area contributed by atoms with Crippen molar-refractivity contribution in [3.05, 3.63) is 29.3 Å². The van der Waals surface area contributed by atoms with Crippen LogP contribution in [-0.4, -0.2) is 34.7 Å². The van der Waals surface area contributed by atoms with Crippen molar-refractivity contribution in [2.75, 3.05) is 13.1 Å². The molecule has 1 amide bonds. The minimum Gasteiger partial charge on any atom is -0.444 e. The van der Waals surface area contributed by atoms with Gasteiger partial charge < -0.3 is 14.4 Å². The van der Waals surface area contributed by atoms with E-state index in [0.29, 0.717) is 32.5 Å². The van der Waals surface area contributed by atoms with Gasteiger partial charge in [0.05, 0.1) is 12.2 Å². The van der Waals surface area contributed by atoms with E-state index in [0.717, 1.165) is 11.1 Å². The van der Waals surface area contributed by atoms with E-state index in [1.165, 1.54) is 6.07 Å². The fraction of sp³-hybridized carbons (Fsp3) is 0.625. The van der Waals surface area contributed by atoms with Crippen LogP contribution in [0.15, 0.2) is 12.3 Å². The van der Waals surface area contributed by atoms with E-state index in [9.17, 15) is 9.18 Å². The summed E-state index contributed by atoms with van der Waals surface area (Å²) in [5, 5.41) is 0. The van der Waals surface area contributed by atoms with Gasteiger partial charge >= 0.3 is 6.09 Å². The van der Waals surface area contributed by atoms with Crippen molar-refractivity contribution in [3.8, 4) is 0 Å². The highest BCUT2D eigenvalue weighted by Gasteiger charge is 2.44. The van der Waals surface area contributed by atoms with Gasteiger partial charge in [0.1, 0.15) is 5.60 Å². The normalized spacial score (nSPS) is 20.1. The lowest BCUT2D eigenvalue weighted by atomic mass is 9.85. The highest BCUT2D eigenvalue weighted by Crippen LogP contribution is 2.43. The van der Waals surface area contributed by atoms with Crippen LogP contribution < -0.4 is 0 Å². The smallest absolute Gasteiger partial charge is 0.410 e. The van der Waals surface area contributed by atoms with Crippen LogP contribution in [0.2, 0.25) is 0 Å². The predicted molar refractivity (Wildman–Crippen MR) is 77.7 cm³/mol. The number of likely N-dealkylation sites (tertiary alicyclic amines) is 1. The van der Waals surface area contributed by atoms with Crippen molar-refractivity contribution in [2.24, 2.45) is 0 Å². The second-order valence-electron chi connectivity index (χ2n) is 6.91. The van der Waals surface area contributed by atoms with Crippen LogP contribution in [0.1, 0.15) is 44.7 Å². The molecule has 1 saturated heterocycles. The standard InChI is InChI=1S/C16H21FN2O3/c1-15(2,3)22-14(20)19-6-4-16(5-7-19)12-9-18-13(17)8-11(12)10-21-16/h8-9H,4-7,10H2,1-3H3. The first-order chi connectivity index (χ1) is 10.3. The lowest BCUT2D eigenvalue weighted by Gasteiger charge is -2.39. The number of piperidine rings is 1. The fourth-order valence-corrected chi connectivity index (χ4v) is 3.08. The van der Waals surface area contributed by atoms with Gasteiger partial charge in [0, 0.05) is 24.8 Å². The topological polar surface area (TPSA) is 51.7 Å². The average Bonchev–Trinajstić information content (AvgIpc) is 2.76. The SMILES string of the molecule is CC(C)(C)OC(=O)N1CCC2(CC1)OCc1cc(F)ncc12. The van der Waals surface area contributed by atoms with Crippen LogP contribution in [0, 0.1) is 5.95 Å². The number of aromatic nitrogens is 1. The zero-order chi connectivity index (χ0) is 16.0. The summed E-state index contributed by atoms with van der Waals surface area (Å²) < 4.78 is 24.6. The molecule has 1 aromatic heterocycles. The Hall–Kier alpha value is -1.69. The predicted octanol–water partition coefficient (Wildman–Crippen LogP) is 2.98. The van der Waals surface area contributed by atoms with Gasteiger partial charge in [-0.15, -0.1) is 0 Å². The number of halogens is 1. The zero-order valence-corrected chi connectivity index (χ0v) is 13.2. The van der Waals surface area contributed by atoms with Gasteiger partial charge in [-0.1, -0.05) is 0 Å². The third kappa shape index (κ3) is 2.79. The summed E-state index contributed by atoms with van der Waals surface area (Å²) in [5.41, 5.74) is 0.884. The van der Waals surface area contributed by atoms with Crippen molar-refractivity contribution >= 4 is 6.09 Å². The second-order valence-corrected chi connectivity index (χ2v) is 6.91. The molecule has 0 N–H and O–H groups in total. The number of hydrogen-bond donors (Lipinski definition) is 0. The first-order valence-electron chi connectivity index (χ1n) is 7.56. The van der Waals surface area contributed by atoms with E-state index < -0.39 is 17.1 Å². The summed E-state index contributed by atoms with van der Waals surface area (Å²) in [4.78, 5) is 17.6. The Labute approximate surface area is 129 Å². The molecule has 0 aliphatic carbocycles. The molecule has 0 aromatic carbocycles. The quantitative estimate of drug-likeness (QED) is 0.691. The Morgan fingerprint density at radius 1 is 1.41 bits per heavy atom. The summed E-state index contributed by atoms with van der Waals surface area (Å²) in [6.07, 6.45) is 2.62. The molecule has 1 spiro atoms.